The molecule has 0 radical (unpaired) electrons. The molecule has 1 atom stereocenters. The molecule has 0 saturated carbocycles. The maximum Gasteiger partial charge on any atom is 0.273 e. The summed E-state index contributed by atoms with van der Waals surface area (Å²) in [5.74, 6) is -0.260. The van der Waals surface area contributed by atoms with Crippen LogP contribution < -0.4 is 9.64 Å². The molecule has 3 rings (SSSR count). The maximum atomic E-state index is 12.8. The Bertz CT molecular complexity index is 945. The number of ether oxygens (including phenoxy) is 1. The lowest BCUT2D eigenvalue weighted by atomic mass is 10.2. The summed E-state index contributed by atoms with van der Waals surface area (Å²) < 4.78 is 29.1. The van der Waals surface area contributed by atoms with Gasteiger partial charge in [-0.1, -0.05) is 24.3 Å². The summed E-state index contributed by atoms with van der Waals surface area (Å²) in [6.45, 7) is -0.355. The SMILES string of the molecule is O=C(COc1cccc([N+](=O)[O-])c1)N(c1ccccc1)[C@@H]1CCS(=O)(=O)C1. The van der Waals surface area contributed by atoms with Crippen LogP contribution in [0.4, 0.5) is 11.4 Å². The highest BCUT2D eigenvalue weighted by Crippen LogP contribution is 2.25. The third-order valence-corrected chi connectivity index (χ3v) is 6.02. The van der Waals surface area contributed by atoms with Crippen LogP contribution in [0, 0.1) is 10.1 Å². The molecule has 1 aliphatic heterocycles. The first-order valence-electron chi connectivity index (χ1n) is 8.30. The zero-order chi connectivity index (χ0) is 19.4. The second-order valence-electron chi connectivity index (χ2n) is 6.20. The number of para-hydroxylation sites is 1. The van der Waals surface area contributed by atoms with Crippen LogP contribution in [-0.4, -0.2) is 43.4 Å². The number of hydrogen-bond acceptors (Lipinski definition) is 6. The van der Waals surface area contributed by atoms with Crippen LogP contribution in [0.1, 0.15) is 6.42 Å². The van der Waals surface area contributed by atoms with Crippen molar-refractivity contribution in [3.05, 3.63) is 64.7 Å². The van der Waals surface area contributed by atoms with Gasteiger partial charge in [-0.05, 0) is 24.6 Å². The number of non-ortho nitro benzene ring substituents is 1. The number of amides is 1. The van der Waals surface area contributed by atoms with Crippen molar-refractivity contribution >= 4 is 27.1 Å². The van der Waals surface area contributed by atoms with Crippen molar-refractivity contribution in [2.75, 3.05) is 23.0 Å². The number of carbonyl (C=O) groups excluding carboxylic acids is 1. The minimum Gasteiger partial charge on any atom is -0.483 e. The molecule has 0 spiro atoms. The number of nitro benzene ring substituents is 1. The molecule has 142 valence electrons. The lowest BCUT2D eigenvalue weighted by molar-refractivity contribution is -0.384. The predicted molar refractivity (Wildman–Crippen MR) is 99.6 cm³/mol. The van der Waals surface area contributed by atoms with Gasteiger partial charge in [0.15, 0.2) is 16.4 Å². The topological polar surface area (TPSA) is 107 Å². The van der Waals surface area contributed by atoms with E-state index in [1.54, 1.807) is 30.3 Å². The van der Waals surface area contributed by atoms with Gasteiger partial charge >= 0.3 is 0 Å². The second-order valence-corrected chi connectivity index (χ2v) is 8.43. The van der Waals surface area contributed by atoms with Crippen LogP contribution in [0.2, 0.25) is 0 Å². The molecule has 1 heterocycles. The summed E-state index contributed by atoms with van der Waals surface area (Å²) in [7, 11) is -3.17. The van der Waals surface area contributed by atoms with Gasteiger partial charge in [-0.3, -0.25) is 14.9 Å². The van der Waals surface area contributed by atoms with Gasteiger partial charge in [0.25, 0.3) is 11.6 Å². The molecule has 0 aliphatic carbocycles. The van der Waals surface area contributed by atoms with Crippen LogP contribution in [-0.2, 0) is 14.6 Å². The average molecular weight is 390 g/mol. The average Bonchev–Trinajstić information content (AvgIpc) is 3.00. The van der Waals surface area contributed by atoms with E-state index < -0.39 is 26.7 Å². The van der Waals surface area contributed by atoms with Gasteiger partial charge in [-0.15, -0.1) is 0 Å². The fraction of sp³-hybridized carbons (Fsp3) is 0.278. The number of hydrogen-bond donors (Lipinski definition) is 0. The van der Waals surface area contributed by atoms with E-state index in [2.05, 4.69) is 0 Å². The van der Waals surface area contributed by atoms with Gasteiger partial charge in [-0.2, -0.15) is 0 Å². The first-order chi connectivity index (χ1) is 12.9. The lowest BCUT2D eigenvalue weighted by Gasteiger charge is -2.28. The molecule has 0 unspecified atom stereocenters. The first kappa shape index (κ1) is 18.8. The second kappa shape index (κ2) is 7.75. The Morgan fingerprint density at radius 1 is 1.19 bits per heavy atom. The number of sulfone groups is 1. The van der Waals surface area contributed by atoms with E-state index in [1.165, 1.54) is 29.2 Å². The molecule has 0 bridgehead atoms. The number of carbonyl (C=O) groups is 1. The molecule has 1 amide bonds. The molecule has 27 heavy (non-hydrogen) atoms. The summed E-state index contributed by atoms with van der Waals surface area (Å²) in [5.41, 5.74) is 0.453. The van der Waals surface area contributed by atoms with E-state index in [1.807, 2.05) is 0 Å². The quantitative estimate of drug-likeness (QED) is 0.553. The van der Waals surface area contributed by atoms with Gasteiger partial charge in [0, 0.05) is 11.8 Å². The van der Waals surface area contributed by atoms with Crippen LogP contribution in [0.5, 0.6) is 5.75 Å². The smallest absolute Gasteiger partial charge is 0.273 e. The Balaban J connectivity index is 1.77. The van der Waals surface area contributed by atoms with Gasteiger partial charge < -0.3 is 9.64 Å². The first-order valence-corrected chi connectivity index (χ1v) is 10.1. The molecule has 1 fully saturated rings. The van der Waals surface area contributed by atoms with Crippen molar-refractivity contribution in [1.29, 1.82) is 0 Å². The van der Waals surface area contributed by atoms with Crippen molar-refractivity contribution < 1.29 is 22.9 Å². The van der Waals surface area contributed by atoms with E-state index in [0.29, 0.717) is 12.1 Å². The van der Waals surface area contributed by atoms with Gasteiger partial charge in [0.1, 0.15) is 5.75 Å². The fourth-order valence-electron chi connectivity index (χ4n) is 3.03. The van der Waals surface area contributed by atoms with E-state index >= 15 is 0 Å². The lowest BCUT2D eigenvalue weighted by Crippen LogP contribution is -2.43. The summed E-state index contributed by atoms with van der Waals surface area (Å²) in [6, 6.07) is 13.9. The zero-order valence-corrected chi connectivity index (χ0v) is 15.2. The molecule has 2 aromatic rings. The Labute approximate surface area is 156 Å². The molecule has 0 N–H and O–H groups in total. The van der Waals surface area contributed by atoms with E-state index in [0.717, 1.165) is 0 Å². The Kier molecular flexibility index (Phi) is 5.41. The van der Waals surface area contributed by atoms with E-state index in [9.17, 15) is 23.3 Å². The number of nitrogens with zero attached hydrogens (tertiary/aromatic N) is 2. The van der Waals surface area contributed by atoms with Crippen LogP contribution in [0.3, 0.4) is 0 Å². The molecular weight excluding hydrogens is 372 g/mol. The molecule has 1 saturated heterocycles. The number of anilines is 1. The third-order valence-electron chi connectivity index (χ3n) is 4.27. The van der Waals surface area contributed by atoms with E-state index in [-0.39, 0.29) is 29.5 Å². The van der Waals surface area contributed by atoms with Crippen molar-refractivity contribution in [1.82, 2.24) is 0 Å². The molecule has 0 aromatic heterocycles. The third kappa shape index (κ3) is 4.62. The molecule has 8 nitrogen and oxygen atoms in total. The van der Waals surface area contributed by atoms with Crippen LogP contribution in [0.25, 0.3) is 0 Å². The number of benzene rings is 2. The highest BCUT2D eigenvalue weighted by molar-refractivity contribution is 7.91. The highest BCUT2D eigenvalue weighted by Gasteiger charge is 2.35. The van der Waals surface area contributed by atoms with Crippen molar-refractivity contribution in [3.8, 4) is 5.75 Å². The summed E-state index contributed by atoms with van der Waals surface area (Å²) in [4.78, 5) is 24.5. The van der Waals surface area contributed by atoms with Crippen molar-refractivity contribution in [2.24, 2.45) is 0 Å². The number of nitro groups is 1. The molecular formula is C18H18N2O6S. The van der Waals surface area contributed by atoms with E-state index in [4.69, 9.17) is 4.74 Å². The predicted octanol–water partition coefficient (Wildman–Crippen LogP) is 2.19. The van der Waals surface area contributed by atoms with Gasteiger partial charge in [-0.25, -0.2) is 8.42 Å². The summed E-state index contributed by atoms with van der Waals surface area (Å²) in [5, 5.41) is 10.8. The molecule has 1 aliphatic rings. The Morgan fingerprint density at radius 3 is 2.56 bits per heavy atom. The minimum absolute atomic E-state index is 0.0417. The standard InChI is InChI=1S/C18H18N2O6S/c21-18(12-26-17-8-4-7-15(11-17)20(22)23)19(14-5-2-1-3-6-14)16-9-10-27(24,25)13-16/h1-8,11,16H,9-10,12-13H2/t16-/m1/s1. The maximum absolute atomic E-state index is 12.8. The number of rotatable bonds is 6. The Morgan fingerprint density at radius 2 is 1.93 bits per heavy atom. The van der Waals surface area contributed by atoms with Crippen molar-refractivity contribution in [3.63, 3.8) is 0 Å². The normalized spacial score (nSPS) is 18.0. The zero-order valence-electron chi connectivity index (χ0n) is 14.4. The van der Waals surface area contributed by atoms with Crippen molar-refractivity contribution in [2.45, 2.75) is 12.5 Å². The monoisotopic (exact) mass is 390 g/mol. The summed E-state index contributed by atoms with van der Waals surface area (Å²) >= 11 is 0. The minimum atomic E-state index is -3.17. The fourth-order valence-corrected chi connectivity index (χ4v) is 4.73. The molecule has 9 heteroatoms. The van der Waals surface area contributed by atoms with Gasteiger partial charge in [0.2, 0.25) is 0 Å². The van der Waals surface area contributed by atoms with Crippen LogP contribution in [0.15, 0.2) is 54.6 Å². The van der Waals surface area contributed by atoms with Crippen LogP contribution >= 0.6 is 0 Å². The largest absolute Gasteiger partial charge is 0.483 e. The molecule has 2 aromatic carbocycles. The highest BCUT2D eigenvalue weighted by atomic mass is 32.2. The Hall–Kier alpha value is -2.94. The van der Waals surface area contributed by atoms with Gasteiger partial charge in [0.05, 0.1) is 28.5 Å². The summed E-state index contributed by atoms with van der Waals surface area (Å²) in [6.07, 6.45) is 0.361.